The Hall–Kier alpha value is -1.70. The van der Waals surface area contributed by atoms with Crippen LogP contribution in [0.1, 0.15) is 87.6 Å². The lowest BCUT2D eigenvalue weighted by atomic mass is 9.64. The summed E-state index contributed by atoms with van der Waals surface area (Å²) in [6, 6.07) is 6.32. The zero-order valence-corrected chi connectivity index (χ0v) is 19.6. The highest BCUT2D eigenvalue weighted by atomic mass is 16.5. The fraction of sp³-hybridized carbons (Fsp3) is 0.680. The first-order valence-corrected chi connectivity index (χ1v) is 12.3. The number of ketones is 2. The van der Waals surface area contributed by atoms with E-state index in [1.165, 1.54) is 19.8 Å². The van der Waals surface area contributed by atoms with E-state index in [9.17, 15) is 14.6 Å². The maximum Gasteiger partial charge on any atom is 0.526 e. The van der Waals surface area contributed by atoms with E-state index in [-0.39, 0.29) is 23.4 Å². The molecule has 2 atom stereocenters. The van der Waals surface area contributed by atoms with E-state index in [1.54, 1.807) is 6.07 Å². The highest BCUT2D eigenvalue weighted by Gasteiger charge is 2.37. The van der Waals surface area contributed by atoms with E-state index in [1.807, 2.05) is 12.1 Å². The Labute approximate surface area is 192 Å². The van der Waals surface area contributed by atoms with Crippen molar-refractivity contribution >= 4 is 18.7 Å². The van der Waals surface area contributed by atoms with Crippen LogP contribution in [0.2, 0.25) is 5.82 Å². The summed E-state index contributed by atoms with van der Waals surface area (Å²) >= 11 is 0. The predicted octanol–water partition coefficient (Wildman–Crippen LogP) is 3.69. The van der Waals surface area contributed by atoms with Gasteiger partial charge in [0.25, 0.3) is 0 Å². The molecule has 7 heteroatoms. The number of rotatable bonds is 11. The summed E-state index contributed by atoms with van der Waals surface area (Å²) in [6.07, 6.45) is 9.31. The van der Waals surface area contributed by atoms with Crippen molar-refractivity contribution in [1.29, 1.82) is 0 Å². The monoisotopic (exact) mass is 442 g/mol. The number of fused-ring (bicyclic) bond motifs is 1. The van der Waals surface area contributed by atoms with Crippen LogP contribution >= 0.6 is 0 Å². The van der Waals surface area contributed by atoms with Crippen LogP contribution in [0.5, 0.6) is 5.75 Å². The maximum atomic E-state index is 12.7. The Morgan fingerprint density at radius 1 is 1.22 bits per heavy atom. The van der Waals surface area contributed by atoms with Crippen LogP contribution in [0.4, 0.5) is 0 Å². The van der Waals surface area contributed by atoms with Crippen LogP contribution in [0.3, 0.4) is 0 Å². The van der Waals surface area contributed by atoms with Gasteiger partial charge < -0.3 is 20.7 Å². The largest absolute Gasteiger partial charge is 0.535 e. The number of unbranched alkanes of at least 4 members (excludes halogenated alkanes) is 1. The minimum atomic E-state index is -1.05. The molecule has 0 bridgehead atoms. The lowest BCUT2D eigenvalue weighted by Crippen LogP contribution is -2.36. The number of nitrogens with two attached hydrogens (primary N) is 1. The Morgan fingerprint density at radius 2 is 1.97 bits per heavy atom. The summed E-state index contributed by atoms with van der Waals surface area (Å²) in [7, 11) is -1.05. The van der Waals surface area contributed by atoms with Gasteiger partial charge in [0.05, 0.1) is 5.56 Å². The second-order valence-corrected chi connectivity index (χ2v) is 9.91. The van der Waals surface area contributed by atoms with Gasteiger partial charge in [-0.2, -0.15) is 0 Å². The van der Waals surface area contributed by atoms with Crippen LogP contribution < -0.4 is 15.7 Å². The first-order valence-electron chi connectivity index (χ1n) is 12.3. The van der Waals surface area contributed by atoms with E-state index in [0.29, 0.717) is 42.5 Å². The number of hydrogen-bond acceptors (Lipinski definition) is 6. The molecule has 6 nitrogen and oxygen atoms in total. The van der Waals surface area contributed by atoms with Gasteiger partial charge in [0.1, 0.15) is 11.5 Å². The van der Waals surface area contributed by atoms with Crippen molar-refractivity contribution in [3.05, 3.63) is 29.3 Å². The van der Waals surface area contributed by atoms with Crippen LogP contribution in [-0.4, -0.2) is 42.3 Å². The van der Waals surface area contributed by atoms with Crippen LogP contribution in [-0.2, 0) is 11.2 Å². The first kappa shape index (κ1) is 24.9. The predicted molar refractivity (Wildman–Crippen MR) is 128 cm³/mol. The van der Waals surface area contributed by atoms with E-state index in [0.717, 1.165) is 44.2 Å². The van der Waals surface area contributed by atoms with Crippen molar-refractivity contribution in [2.45, 2.75) is 96.0 Å². The molecular weight excluding hydrogens is 403 g/mol. The summed E-state index contributed by atoms with van der Waals surface area (Å²) in [4.78, 5) is 24.6. The quantitative estimate of drug-likeness (QED) is 0.275. The summed E-state index contributed by atoms with van der Waals surface area (Å²) in [5.41, 5.74) is 7.18. The molecule has 1 aromatic rings. The summed E-state index contributed by atoms with van der Waals surface area (Å²) < 4.78 is 5.68. The number of benzene rings is 1. The second-order valence-electron chi connectivity index (χ2n) is 9.91. The fourth-order valence-electron chi connectivity index (χ4n) is 5.10. The Morgan fingerprint density at radius 3 is 2.66 bits per heavy atom. The van der Waals surface area contributed by atoms with Crippen LogP contribution in [0.25, 0.3) is 0 Å². The Bertz CT molecular complexity index is 777. The molecule has 0 amide bonds. The molecule has 1 aliphatic heterocycles. The summed E-state index contributed by atoms with van der Waals surface area (Å²) in [5.74, 6) is 0.776. The molecule has 1 aromatic carbocycles. The van der Waals surface area contributed by atoms with Gasteiger partial charge in [0.2, 0.25) is 0 Å². The summed E-state index contributed by atoms with van der Waals surface area (Å²) in [6.45, 7) is 4.60. The van der Waals surface area contributed by atoms with Gasteiger partial charge in [-0.15, -0.1) is 0 Å². The number of carbonyl (C=O) groups is 2. The molecule has 0 saturated heterocycles. The zero-order valence-electron chi connectivity index (χ0n) is 19.6. The molecule has 2 aliphatic rings. The molecule has 0 aromatic heterocycles. The Kier molecular flexibility index (Phi) is 9.32. The van der Waals surface area contributed by atoms with E-state index < -0.39 is 7.12 Å². The minimum absolute atomic E-state index is 0.0844. The lowest BCUT2D eigenvalue weighted by Gasteiger charge is -2.30. The molecule has 0 unspecified atom stereocenters. The van der Waals surface area contributed by atoms with Crippen LogP contribution in [0.15, 0.2) is 18.2 Å². The molecule has 1 saturated carbocycles. The van der Waals surface area contributed by atoms with Gasteiger partial charge in [0, 0.05) is 30.7 Å². The summed E-state index contributed by atoms with van der Waals surface area (Å²) in [5, 5.41) is 14.1. The third-order valence-corrected chi connectivity index (χ3v) is 6.97. The fourth-order valence-corrected chi connectivity index (χ4v) is 5.10. The van der Waals surface area contributed by atoms with Gasteiger partial charge in [-0.25, -0.2) is 0 Å². The molecule has 1 fully saturated rings. The van der Waals surface area contributed by atoms with Gasteiger partial charge in [-0.1, -0.05) is 18.6 Å². The molecule has 3 rings (SSSR count). The number of carbonyl (C=O) groups excluding carboxylic acids is 2. The van der Waals surface area contributed by atoms with Crippen molar-refractivity contribution in [3.63, 3.8) is 0 Å². The van der Waals surface area contributed by atoms with Crippen molar-refractivity contribution in [2.24, 2.45) is 11.7 Å². The molecule has 0 radical (unpaired) electrons. The molecular formula is C25H39BN2O4. The molecule has 1 aliphatic carbocycles. The lowest BCUT2D eigenvalue weighted by molar-refractivity contribution is -0.120. The van der Waals surface area contributed by atoms with Gasteiger partial charge in [-0.05, 0) is 82.9 Å². The van der Waals surface area contributed by atoms with Gasteiger partial charge in [0.15, 0.2) is 5.78 Å². The van der Waals surface area contributed by atoms with E-state index in [2.05, 4.69) is 12.2 Å². The highest BCUT2D eigenvalue weighted by molar-refractivity contribution is 6.47. The smallest absolute Gasteiger partial charge is 0.526 e. The average Bonchev–Trinajstić information content (AvgIpc) is 2.74. The third kappa shape index (κ3) is 7.16. The molecule has 4 N–H and O–H groups in total. The van der Waals surface area contributed by atoms with E-state index in [4.69, 9.17) is 10.4 Å². The maximum absolute atomic E-state index is 12.7. The third-order valence-electron chi connectivity index (χ3n) is 6.97. The zero-order chi connectivity index (χ0) is 23.1. The minimum Gasteiger partial charge on any atom is -0.535 e. The number of nitrogens with one attached hydrogen (secondary N) is 1. The number of hydrogen-bond donors (Lipinski definition) is 3. The van der Waals surface area contributed by atoms with Gasteiger partial charge >= 0.3 is 7.12 Å². The first-order chi connectivity index (χ1) is 15.3. The molecule has 176 valence electrons. The van der Waals surface area contributed by atoms with Crippen LogP contribution in [0, 0.1) is 5.92 Å². The van der Waals surface area contributed by atoms with Crippen molar-refractivity contribution in [1.82, 2.24) is 5.32 Å². The topological polar surface area (TPSA) is 102 Å². The molecule has 0 spiro atoms. The number of para-hydroxylation sites is 1. The SMILES string of the molecule is CC(=O)c1cccc2c1OB(O)[C@@H](CC(=O)CC1CCC(NCCCC[C@H](C)N)CC1)C2. The Balaban J connectivity index is 1.39. The molecule has 32 heavy (non-hydrogen) atoms. The van der Waals surface area contributed by atoms with Crippen molar-refractivity contribution in [3.8, 4) is 5.75 Å². The number of Topliss-reactive ketones (excluding diaryl/α,β-unsaturated/α-hetero) is 2. The van der Waals surface area contributed by atoms with Crippen molar-refractivity contribution < 1.29 is 19.3 Å². The van der Waals surface area contributed by atoms with E-state index >= 15 is 0 Å². The normalized spacial score (nSPS) is 23.9. The highest BCUT2D eigenvalue weighted by Crippen LogP contribution is 2.37. The average molecular weight is 442 g/mol. The van der Waals surface area contributed by atoms with Gasteiger partial charge in [-0.3, -0.25) is 9.59 Å². The standard InChI is InChI=1S/C25H39BN2O4/c1-17(27)6-3-4-13-28-22-11-9-19(10-12-22)14-23(30)16-21-15-20-7-5-8-24(18(2)29)25(20)32-26(21)31/h5,7-8,17,19,21-22,28,31H,3-4,6,9-16,27H2,1-2H3/t17-,19?,21+,22?/m0/s1. The second kappa shape index (κ2) is 12.0. The molecule has 1 heterocycles. The van der Waals surface area contributed by atoms with Crippen molar-refractivity contribution in [2.75, 3.05) is 6.54 Å².